The zero-order chi connectivity index (χ0) is 21.3. The van der Waals surface area contributed by atoms with E-state index in [2.05, 4.69) is 4.98 Å². The van der Waals surface area contributed by atoms with Gasteiger partial charge in [-0.2, -0.15) is 0 Å². The quantitative estimate of drug-likeness (QED) is 0.442. The molecule has 1 aromatic carbocycles. The Morgan fingerprint density at radius 3 is 2.47 bits per heavy atom. The van der Waals surface area contributed by atoms with Crippen LogP contribution in [0.4, 0.5) is 0 Å². The Hall–Kier alpha value is -2.86. The van der Waals surface area contributed by atoms with Crippen molar-refractivity contribution in [2.24, 2.45) is 0 Å². The van der Waals surface area contributed by atoms with Crippen molar-refractivity contribution in [2.75, 3.05) is 7.11 Å². The molecule has 1 aliphatic heterocycles. The van der Waals surface area contributed by atoms with Crippen LogP contribution >= 0.6 is 11.6 Å². The number of ketones is 1. The highest BCUT2D eigenvalue weighted by Crippen LogP contribution is 2.43. The second-order valence-electron chi connectivity index (χ2n) is 7.63. The van der Waals surface area contributed by atoms with E-state index in [0.29, 0.717) is 16.3 Å². The predicted molar refractivity (Wildman–Crippen MR) is 113 cm³/mol. The number of amides is 1. The molecular formula is C23H23ClN2O4. The Morgan fingerprint density at radius 1 is 1.13 bits per heavy atom. The lowest BCUT2D eigenvalue weighted by molar-refractivity contribution is -0.141. The third-order valence-corrected chi connectivity index (χ3v) is 6.19. The number of rotatable bonds is 4. The molecule has 2 fully saturated rings. The zero-order valence-electron chi connectivity index (χ0n) is 16.7. The molecule has 2 aliphatic rings. The van der Waals surface area contributed by atoms with Gasteiger partial charge in [0, 0.05) is 24.0 Å². The number of methoxy groups -OCH3 is 1. The number of aliphatic hydroxyl groups is 1. The summed E-state index contributed by atoms with van der Waals surface area (Å²) in [7, 11) is 1.50. The number of halogens is 1. The fraction of sp³-hybridized carbons (Fsp3) is 0.348. The summed E-state index contributed by atoms with van der Waals surface area (Å²) in [4.78, 5) is 31.9. The van der Waals surface area contributed by atoms with Crippen molar-refractivity contribution in [2.45, 2.75) is 44.2 Å². The van der Waals surface area contributed by atoms with Crippen molar-refractivity contribution in [1.29, 1.82) is 0 Å². The lowest BCUT2D eigenvalue weighted by Gasteiger charge is -2.35. The fourth-order valence-electron chi connectivity index (χ4n) is 4.43. The Labute approximate surface area is 180 Å². The second-order valence-corrected chi connectivity index (χ2v) is 8.04. The first-order valence-corrected chi connectivity index (χ1v) is 10.4. The van der Waals surface area contributed by atoms with Crippen molar-refractivity contribution in [1.82, 2.24) is 9.88 Å². The Kier molecular flexibility index (Phi) is 5.77. The summed E-state index contributed by atoms with van der Waals surface area (Å²) in [5.41, 5.74) is 1.19. The van der Waals surface area contributed by atoms with Crippen LogP contribution in [0.2, 0.25) is 5.02 Å². The zero-order valence-corrected chi connectivity index (χ0v) is 17.4. The molecule has 30 heavy (non-hydrogen) atoms. The van der Waals surface area contributed by atoms with E-state index in [1.807, 2.05) is 0 Å². The van der Waals surface area contributed by atoms with Gasteiger partial charge in [0.05, 0.1) is 23.7 Å². The summed E-state index contributed by atoms with van der Waals surface area (Å²) < 4.78 is 5.16. The van der Waals surface area contributed by atoms with Crippen LogP contribution in [-0.4, -0.2) is 39.8 Å². The van der Waals surface area contributed by atoms with Crippen molar-refractivity contribution in [3.05, 3.63) is 64.4 Å². The van der Waals surface area contributed by atoms with Gasteiger partial charge >= 0.3 is 0 Å². The molecule has 0 spiro atoms. The van der Waals surface area contributed by atoms with Gasteiger partial charge in [0.2, 0.25) is 0 Å². The molecule has 1 aliphatic carbocycles. The maximum atomic E-state index is 13.1. The van der Waals surface area contributed by atoms with Crippen LogP contribution in [0.3, 0.4) is 0 Å². The molecule has 1 unspecified atom stereocenters. The van der Waals surface area contributed by atoms with Crippen molar-refractivity contribution >= 4 is 29.1 Å². The lowest BCUT2D eigenvalue weighted by atomic mass is 9.91. The highest BCUT2D eigenvalue weighted by molar-refractivity contribution is 6.46. The van der Waals surface area contributed by atoms with Gasteiger partial charge in [0.1, 0.15) is 11.5 Å². The molecule has 6 nitrogen and oxygen atoms in total. The van der Waals surface area contributed by atoms with Crippen LogP contribution in [0, 0.1) is 0 Å². The number of carbonyl (C=O) groups is 2. The van der Waals surface area contributed by atoms with E-state index in [1.165, 1.54) is 13.2 Å². The third kappa shape index (κ3) is 3.56. The first-order valence-electron chi connectivity index (χ1n) is 10.1. The highest BCUT2D eigenvalue weighted by Gasteiger charge is 2.48. The maximum absolute atomic E-state index is 13.1. The van der Waals surface area contributed by atoms with Crippen molar-refractivity contribution in [3.63, 3.8) is 0 Å². The fourth-order valence-corrected chi connectivity index (χ4v) is 4.69. The first kappa shape index (κ1) is 20.4. The summed E-state index contributed by atoms with van der Waals surface area (Å²) in [6, 6.07) is 7.65. The van der Waals surface area contributed by atoms with Gasteiger partial charge in [-0.25, -0.2) is 0 Å². The normalized spacial score (nSPS) is 21.8. The molecule has 1 atom stereocenters. The molecule has 2 aromatic rings. The average molecular weight is 427 g/mol. The van der Waals surface area contributed by atoms with Gasteiger partial charge in [0.15, 0.2) is 0 Å². The van der Waals surface area contributed by atoms with Crippen LogP contribution in [0.5, 0.6) is 5.75 Å². The molecule has 156 valence electrons. The number of aliphatic hydroxyl groups excluding tert-OH is 1. The van der Waals surface area contributed by atoms with Crippen LogP contribution in [-0.2, 0) is 9.59 Å². The minimum absolute atomic E-state index is 0.0295. The minimum Gasteiger partial charge on any atom is -0.507 e. The SMILES string of the molecule is COc1ccc(/C(O)=C2/C(=O)C(=O)N(C3CCCCC3)C2c2ccncc2)cc1Cl. The average Bonchev–Trinajstić information content (AvgIpc) is 3.05. The van der Waals surface area contributed by atoms with Gasteiger partial charge in [-0.1, -0.05) is 30.9 Å². The highest BCUT2D eigenvalue weighted by atomic mass is 35.5. The molecule has 7 heteroatoms. The lowest BCUT2D eigenvalue weighted by Crippen LogP contribution is -2.40. The maximum Gasteiger partial charge on any atom is 0.295 e. The van der Waals surface area contributed by atoms with E-state index in [4.69, 9.17) is 16.3 Å². The number of nitrogens with zero attached hydrogens (tertiary/aromatic N) is 2. The van der Waals surface area contributed by atoms with Crippen molar-refractivity contribution < 1.29 is 19.4 Å². The van der Waals surface area contributed by atoms with Gasteiger partial charge in [0.25, 0.3) is 11.7 Å². The largest absolute Gasteiger partial charge is 0.507 e. The van der Waals surface area contributed by atoms with E-state index >= 15 is 0 Å². The molecule has 0 radical (unpaired) electrons. The number of hydrogen-bond acceptors (Lipinski definition) is 5. The molecule has 2 heterocycles. The second kappa shape index (κ2) is 8.48. The van der Waals surface area contributed by atoms with Gasteiger partial charge in [-0.3, -0.25) is 14.6 Å². The number of ether oxygens (including phenoxy) is 1. The summed E-state index contributed by atoms with van der Waals surface area (Å²) in [5.74, 6) is -1.02. The number of pyridine rings is 1. The molecule has 1 aromatic heterocycles. The predicted octanol–water partition coefficient (Wildman–Crippen LogP) is 4.50. The summed E-state index contributed by atoms with van der Waals surface area (Å²) in [5, 5.41) is 11.4. The van der Waals surface area contributed by atoms with E-state index in [9.17, 15) is 14.7 Å². The van der Waals surface area contributed by atoms with Crippen LogP contribution < -0.4 is 4.74 Å². The number of aromatic nitrogens is 1. The molecule has 1 saturated carbocycles. The van der Waals surface area contributed by atoms with Gasteiger partial charge in [-0.15, -0.1) is 0 Å². The number of Topliss-reactive ketones (excluding diaryl/α,β-unsaturated/α-hetero) is 1. The number of likely N-dealkylation sites (tertiary alicyclic amines) is 1. The molecule has 1 N–H and O–H groups in total. The summed E-state index contributed by atoms with van der Waals surface area (Å²) >= 11 is 6.22. The van der Waals surface area contributed by atoms with Crippen LogP contribution in [0.15, 0.2) is 48.3 Å². The standard InChI is InChI=1S/C23H23ClN2O4/c1-30-18-8-7-15(13-17(18)24)21(27)19-20(14-9-11-25-12-10-14)26(23(29)22(19)28)16-5-3-2-4-6-16/h7-13,16,20,27H,2-6H2,1H3/b21-19-. The number of benzene rings is 1. The molecule has 1 saturated heterocycles. The van der Waals surface area contributed by atoms with Gasteiger partial charge < -0.3 is 14.7 Å². The Morgan fingerprint density at radius 2 is 1.83 bits per heavy atom. The Balaban J connectivity index is 1.85. The summed E-state index contributed by atoms with van der Waals surface area (Å²) in [6.45, 7) is 0. The van der Waals surface area contributed by atoms with Crippen LogP contribution in [0.1, 0.15) is 49.3 Å². The molecular weight excluding hydrogens is 404 g/mol. The monoisotopic (exact) mass is 426 g/mol. The number of hydrogen-bond donors (Lipinski definition) is 1. The van der Waals surface area contributed by atoms with Crippen molar-refractivity contribution in [3.8, 4) is 5.75 Å². The number of carbonyl (C=O) groups excluding carboxylic acids is 2. The third-order valence-electron chi connectivity index (χ3n) is 5.90. The summed E-state index contributed by atoms with van der Waals surface area (Å²) in [6.07, 6.45) is 8.12. The van der Waals surface area contributed by atoms with Gasteiger partial charge in [-0.05, 0) is 48.7 Å². The smallest absolute Gasteiger partial charge is 0.295 e. The first-order chi connectivity index (χ1) is 14.5. The molecule has 4 rings (SSSR count). The molecule has 0 bridgehead atoms. The van der Waals surface area contributed by atoms with E-state index in [1.54, 1.807) is 41.6 Å². The molecule has 1 amide bonds. The minimum atomic E-state index is -0.674. The van der Waals surface area contributed by atoms with E-state index < -0.39 is 17.7 Å². The topological polar surface area (TPSA) is 79.7 Å². The van der Waals surface area contributed by atoms with E-state index in [-0.39, 0.29) is 17.4 Å². The van der Waals surface area contributed by atoms with E-state index in [0.717, 1.165) is 37.7 Å². The Bertz CT molecular complexity index is 1000. The van der Waals surface area contributed by atoms with Crippen LogP contribution in [0.25, 0.3) is 5.76 Å².